The zero-order valence-electron chi connectivity index (χ0n) is 11.0. The number of rotatable bonds is 6. The van der Waals surface area contributed by atoms with Crippen LogP contribution >= 0.6 is 22.9 Å². The third-order valence-corrected chi connectivity index (χ3v) is 6.36. The van der Waals surface area contributed by atoms with Gasteiger partial charge in [0.15, 0.2) is 0 Å². The quantitative estimate of drug-likeness (QED) is 0.765. The number of pyridine rings is 1. The molecule has 20 heavy (non-hydrogen) atoms. The van der Waals surface area contributed by atoms with E-state index in [1.165, 1.54) is 15.6 Å². The highest BCUT2D eigenvalue weighted by atomic mass is 35.5. The molecule has 0 aromatic carbocycles. The number of aromatic nitrogens is 1. The maximum Gasteiger partial charge on any atom is 0.252 e. The van der Waals surface area contributed by atoms with Crippen LogP contribution in [-0.4, -0.2) is 30.6 Å². The van der Waals surface area contributed by atoms with E-state index in [9.17, 15) is 8.42 Å². The normalized spacial score (nSPS) is 11.9. The van der Waals surface area contributed by atoms with E-state index in [0.29, 0.717) is 16.5 Å². The van der Waals surface area contributed by atoms with Gasteiger partial charge in [0.25, 0.3) is 10.0 Å². The summed E-state index contributed by atoms with van der Waals surface area (Å²) in [7, 11) is -1.91. The lowest BCUT2D eigenvalue weighted by Gasteiger charge is -2.15. The van der Waals surface area contributed by atoms with Crippen LogP contribution < -0.4 is 0 Å². The zero-order chi connectivity index (χ0) is 14.6. The standard InChI is InChI=1S/C13H15ClN2O2S2/c1-16(10-11-4-2-3-9-15-11)20(17,18)13-6-5-12(19-13)7-8-14/h2-6,9H,7-8,10H2,1H3. The van der Waals surface area contributed by atoms with E-state index < -0.39 is 10.0 Å². The van der Waals surface area contributed by atoms with Gasteiger partial charge in [-0.1, -0.05) is 6.07 Å². The molecule has 0 amide bonds. The summed E-state index contributed by atoms with van der Waals surface area (Å²) < 4.78 is 26.5. The average Bonchev–Trinajstić information content (AvgIpc) is 2.89. The second-order valence-corrected chi connectivity index (χ2v) is 8.06. The van der Waals surface area contributed by atoms with Crippen molar-refractivity contribution in [2.24, 2.45) is 0 Å². The molecule has 0 radical (unpaired) electrons. The molecule has 2 aromatic heterocycles. The topological polar surface area (TPSA) is 50.3 Å². The van der Waals surface area contributed by atoms with E-state index >= 15 is 0 Å². The fourth-order valence-corrected chi connectivity index (χ4v) is 4.71. The summed E-state index contributed by atoms with van der Waals surface area (Å²) in [6.07, 6.45) is 2.34. The number of hydrogen-bond donors (Lipinski definition) is 0. The monoisotopic (exact) mass is 330 g/mol. The molecule has 0 saturated heterocycles. The first-order valence-corrected chi connectivity index (χ1v) is 8.84. The van der Waals surface area contributed by atoms with E-state index in [-0.39, 0.29) is 6.54 Å². The van der Waals surface area contributed by atoms with Gasteiger partial charge in [0.2, 0.25) is 0 Å². The van der Waals surface area contributed by atoms with Crippen molar-refractivity contribution in [1.29, 1.82) is 0 Å². The van der Waals surface area contributed by atoms with Crippen LogP contribution in [0.1, 0.15) is 10.6 Å². The van der Waals surface area contributed by atoms with Crippen LogP contribution in [0.4, 0.5) is 0 Å². The van der Waals surface area contributed by atoms with Crippen molar-refractivity contribution >= 4 is 33.0 Å². The smallest absolute Gasteiger partial charge is 0.252 e. The zero-order valence-corrected chi connectivity index (χ0v) is 13.4. The Morgan fingerprint density at radius 1 is 1.30 bits per heavy atom. The minimum atomic E-state index is -3.47. The Kier molecular flexibility index (Phi) is 5.15. The SMILES string of the molecule is CN(Cc1ccccn1)S(=O)(=O)c1ccc(CCCl)s1. The second kappa shape index (κ2) is 6.67. The molecule has 0 aliphatic carbocycles. The first-order chi connectivity index (χ1) is 9.54. The van der Waals surface area contributed by atoms with Crippen LogP contribution in [0.15, 0.2) is 40.7 Å². The van der Waals surface area contributed by atoms with Crippen LogP contribution in [0.3, 0.4) is 0 Å². The van der Waals surface area contributed by atoms with Crippen LogP contribution in [0.2, 0.25) is 0 Å². The molecule has 0 bridgehead atoms. The second-order valence-electron chi connectivity index (χ2n) is 4.24. The molecule has 0 saturated carbocycles. The summed E-state index contributed by atoms with van der Waals surface area (Å²) in [5, 5.41) is 0. The first kappa shape index (κ1) is 15.4. The Morgan fingerprint density at radius 2 is 2.10 bits per heavy atom. The van der Waals surface area contributed by atoms with E-state index in [1.807, 2.05) is 12.1 Å². The Morgan fingerprint density at radius 3 is 2.75 bits per heavy atom. The molecule has 2 rings (SSSR count). The Hall–Kier alpha value is -0.950. The molecular weight excluding hydrogens is 316 g/mol. The summed E-state index contributed by atoms with van der Waals surface area (Å²) in [5.74, 6) is 0.490. The Labute approximate surface area is 128 Å². The minimum absolute atomic E-state index is 0.256. The number of alkyl halides is 1. The van der Waals surface area contributed by atoms with Crippen molar-refractivity contribution < 1.29 is 8.42 Å². The molecular formula is C13H15ClN2O2S2. The fourth-order valence-electron chi connectivity index (χ4n) is 1.68. The number of thiophene rings is 1. The minimum Gasteiger partial charge on any atom is -0.260 e. The lowest BCUT2D eigenvalue weighted by molar-refractivity contribution is 0.464. The predicted octanol–water partition coefficient (Wildman–Crippen LogP) is 2.75. The summed E-state index contributed by atoms with van der Waals surface area (Å²) in [6, 6.07) is 8.90. The number of halogens is 1. The van der Waals surface area contributed by atoms with Gasteiger partial charge in [0.1, 0.15) is 4.21 Å². The van der Waals surface area contributed by atoms with Gasteiger partial charge >= 0.3 is 0 Å². The molecule has 0 fully saturated rings. The van der Waals surface area contributed by atoms with Crippen LogP contribution in [-0.2, 0) is 23.0 Å². The molecule has 2 heterocycles. The van der Waals surface area contributed by atoms with Gasteiger partial charge in [0.05, 0.1) is 12.2 Å². The highest BCUT2D eigenvalue weighted by Crippen LogP contribution is 2.25. The number of aryl methyl sites for hydroxylation is 1. The van der Waals surface area contributed by atoms with Gasteiger partial charge in [-0.3, -0.25) is 4.98 Å². The number of hydrogen-bond acceptors (Lipinski definition) is 4. The number of nitrogens with zero attached hydrogens (tertiary/aromatic N) is 2. The lowest BCUT2D eigenvalue weighted by atomic mass is 10.3. The average molecular weight is 331 g/mol. The number of sulfonamides is 1. The van der Waals surface area contributed by atoms with Crippen molar-refractivity contribution in [2.45, 2.75) is 17.2 Å². The molecule has 7 heteroatoms. The van der Waals surface area contributed by atoms with E-state index in [0.717, 1.165) is 10.6 Å². The van der Waals surface area contributed by atoms with Gasteiger partial charge in [-0.25, -0.2) is 8.42 Å². The summed E-state index contributed by atoms with van der Waals surface area (Å²) in [4.78, 5) is 5.12. The van der Waals surface area contributed by atoms with Gasteiger partial charge in [-0.15, -0.1) is 22.9 Å². The lowest BCUT2D eigenvalue weighted by Crippen LogP contribution is -2.26. The summed E-state index contributed by atoms with van der Waals surface area (Å²) in [5.41, 5.74) is 0.719. The van der Waals surface area contributed by atoms with Gasteiger partial charge in [-0.05, 0) is 30.7 Å². The highest BCUT2D eigenvalue weighted by molar-refractivity contribution is 7.91. The molecule has 0 aliphatic rings. The van der Waals surface area contributed by atoms with Crippen molar-refractivity contribution in [1.82, 2.24) is 9.29 Å². The van der Waals surface area contributed by atoms with Crippen LogP contribution in [0.25, 0.3) is 0 Å². The van der Waals surface area contributed by atoms with Gasteiger partial charge < -0.3 is 0 Å². The maximum atomic E-state index is 12.4. The molecule has 108 valence electrons. The van der Waals surface area contributed by atoms with E-state index in [4.69, 9.17) is 11.6 Å². The van der Waals surface area contributed by atoms with Crippen molar-refractivity contribution in [3.05, 3.63) is 47.1 Å². The van der Waals surface area contributed by atoms with Crippen molar-refractivity contribution in [3.63, 3.8) is 0 Å². The van der Waals surface area contributed by atoms with Crippen molar-refractivity contribution in [3.8, 4) is 0 Å². The van der Waals surface area contributed by atoms with Crippen LogP contribution in [0, 0.1) is 0 Å². The molecule has 0 aliphatic heterocycles. The largest absolute Gasteiger partial charge is 0.260 e. The third kappa shape index (κ3) is 3.58. The highest BCUT2D eigenvalue weighted by Gasteiger charge is 2.23. The predicted molar refractivity (Wildman–Crippen MR) is 81.6 cm³/mol. The summed E-state index contributed by atoms with van der Waals surface area (Å²) >= 11 is 6.94. The third-order valence-electron chi connectivity index (χ3n) is 2.75. The van der Waals surface area contributed by atoms with E-state index in [1.54, 1.807) is 31.4 Å². The van der Waals surface area contributed by atoms with Crippen LogP contribution in [0.5, 0.6) is 0 Å². The molecule has 0 unspecified atom stereocenters. The summed E-state index contributed by atoms with van der Waals surface area (Å²) in [6.45, 7) is 0.256. The first-order valence-electron chi connectivity index (χ1n) is 6.05. The molecule has 2 aromatic rings. The Balaban J connectivity index is 2.16. The Bertz CT molecular complexity index is 656. The van der Waals surface area contributed by atoms with Gasteiger partial charge in [-0.2, -0.15) is 4.31 Å². The molecule has 0 N–H and O–H groups in total. The maximum absolute atomic E-state index is 12.4. The fraction of sp³-hybridized carbons (Fsp3) is 0.308. The van der Waals surface area contributed by atoms with Gasteiger partial charge in [0, 0.05) is 24.0 Å². The van der Waals surface area contributed by atoms with E-state index in [2.05, 4.69) is 4.98 Å². The molecule has 4 nitrogen and oxygen atoms in total. The van der Waals surface area contributed by atoms with Crippen molar-refractivity contribution in [2.75, 3.05) is 12.9 Å². The molecule has 0 atom stereocenters. The molecule has 0 spiro atoms.